The van der Waals surface area contributed by atoms with E-state index in [9.17, 15) is 18.4 Å². The molecule has 0 radical (unpaired) electrons. The number of amides is 2. The van der Waals surface area contributed by atoms with Crippen LogP contribution in [0, 0.1) is 17.6 Å². The summed E-state index contributed by atoms with van der Waals surface area (Å²) in [6.45, 7) is 3.07. The Kier molecular flexibility index (Phi) is 6.66. The average Bonchev–Trinajstić information content (AvgIpc) is 3.50. The maximum absolute atomic E-state index is 13.9. The third-order valence-corrected chi connectivity index (χ3v) is 6.75. The van der Waals surface area contributed by atoms with E-state index in [4.69, 9.17) is 0 Å². The SMILES string of the molecule is O=C(NC[C@@H]1CC[C@H](CC(=O)N2CCCCC2)N1CC1CC1)c1cccc(F)c1F. The molecule has 2 amide bonds. The zero-order chi connectivity index (χ0) is 21.1. The highest BCUT2D eigenvalue weighted by Crippen LogP contribution is 2.35. The average molecular weight is 420 g/mol. The van der Waals surface area contributed by atoms with E-state index >= 15 is 0 Å². The van der Waals surface area contributed by atoms with E-state index in [1.165, 1.54) is 31.4 Å². The van der Waals surface area contributed by atoms with Gasteiger partial charge < -0.3 is 10.2 Å². The lowest BCUT2D eigenvalue weighted by molar-refractivity contribution is -0.133. The van der Waals surface area contributed by atoms with Crippen LogP contribution in [0.3, 0.4) is 0 Å². The Morgan fingerprint density at radius 2 is 1.73 bits per heavy atom. The summed E-state index contributed by atoms with van der Waals surface area (Å²) >= 11 is 0. The lowest BCUT2D eigenvalue weighted by atomic mass is 10.1. The maximum Gasteiger partial charge on any atom is 0.254 e. The summed E-state index contributed by atoms with van der Waals surface area (Å²) < 4.78 is 27.3. The van der Waals surface area contributed by atoms with Gasteiger partial charge in [0.25, 0.3) is 5.91 Å². The first-order valence-corrected chi connectivity index (χ1v) is 11.3. The van der Waals surface area contributed by atoms with Crippen LogP contribution in [0.25, 0.3) is 0 Å². The van der Waals surface area contributed by atoms with Crippen molar-refractivity contribution >= 4 is 11.8 Å². The lowest BCUT2D eigenvalue weighted by Gasteiger charge is -2.33. The van der Waals surface area contributed by atoms with Crippen molar-refractivity contribution in [2.75, 3.05) is 26.2 Å². The van der Waals surface area contributed by atoms with E-state index in [0.717, 1.165) is 51.4 Å². The van der Waals surface area contributed by atoms with E-state index < -0.39 is 17.5 Å². The summed E-state index contributed by atoms with van der Waals surface area (Å²) in [4.78, 5) is 29.6. The van der Waals surface area contributed by atoms with Gasteiger partial charge in [0.05, 0.1) is 5.56 Å². The maximum atomic E-state index is 13.9. The normalized spacial score (nSPS) is 24.8. The predicted molar refractivity (Wildman–Crippen MR) is 110 cm³/mol. The highest BCUT2D eigenvalue weighted by Gasteiger charge is 2.38. The molecule has 0 unspecified atom stereocenters. The predicted octanol–water partition coefficient (Wildman–Crippen LogP) is 3.34. The highest BCUT2D eigenvalue weighted by atomic mass is 19.2. The standard InChI is InChI=1S/C23H31F2N3O2/c24-20-6-4-5-19(22(20)25)23(30)26-14-18-10-9-17(28(18)15-16-7-8-16)13-21(29)27-11-2-1-3-12-27/h4-6,16-18H,1-3,7-15H2,(H,26,30)/t17-,18+/m1/s1. The number of carbonyl (C=O) groups excluding carboxylic acids is 2. The van der Waals surface area contributed by atoms with Gasteiger partial charge in [-0.15, -0.1) is 0 Å². The van der Waals surface area contributed by atoms with Gasteiger partial charge in [-0.1, -0.05) is 6.07 Å². The van der Waals surface area contributed by atoms with Crippen molar-refractivity contribution in [3.05, 3.63) is 35.4 Å². The topological polar surface area (TPSA) is 52.7 Å². The lowest BCUT2D eigenvalue weighted by Crippen LogP contribution is -2.46. The number of hydrogen-bond acceptors (Lipinski definition) is 3. The summed E-state index contributed by atoms with van der Waals surface area (Å²) in [5, 5.41) is 2.79. The molecule has 5 nitrogen and oxygen atoms in total. The summed E-state index contributed by atoms with van der Waals surface area (Å²) in [5.41, 5.74) is -0.265. The van der Waals surface area contributed by atoms with Crippen LogP contribution in [0.1, 0.15) is 61.7 Å². The van der Waals surface area contributed by atoms with Crippen LogP contribution in [0.4, 0.5) is 8.78 Å². The fraction of sp³-hybridized carbons (Fsp3) is 0.652. The van der Waals surface area contributed by atoms with E-state index in [0.29, 0.717) is 18.9 Å². The Balaban J connectivity index is 1.35. The first-order chi connectivity index (χ1) is 14.5. The van der Waals surface area contributed by atoms with Crippen molar-refractivity contribution in [1.82, 2.24) is 15.1 Å². The molecule has 3 aliphatic rings. The van der Waals surface area contributed by atoms with Crippen LogP contribution < -0.4 is 5.32 Å². The quantitative estimate of drug-likeness (QED) is 0.738. The van der Waals surface area contributed by atoms with Crippen molar-refractivity contribution in [3.63, 3.8) is 0 Å². The highest BCUT2D eigenvalue weighted by molar-refractivity contribution is 5.94. The van der Waals surface area contributed by atoms with Crippen molar-refractivity contribution in [2.45, 2.75) is 63.5 Å². The largest absolute Gasteiger partial charge is 0.350 e. The minimum absolute atomic E-state index is 0.130. The molecule has 7 heteroatoms. The molecule has 1 aliphatic carbocycles. The Hall–Kier alpha value is -2.02. The van der Waals surface area contributed by atoms with Gasteiger partial charge >= 0.3 is 0 Å². The van der Waals surface area contributed by atoms with E-state index in [1.807, 2.05) is 4.90 Å². The van der Waals surface area contributed by atoms with Crippen molar-refractivity contribution in [2.24, 2.45) is 5.92 Å². The number of benzene rings is 1. The summed E-state index contributed by atoms with van der Waals surface area (Å²) in [6, 6.07) is 3.97. The van der Waals surface area contributed by atoms with Gasteiger partial charge in [0.1, 0.15) is 0 Å². The molecule has 1 N–H and O–H groups in total. The molecule has 4 rings (SSSR count). The Morgan fingerprint density at radius 3 is 2.47 bits per heavy atom. The van der Waals surface area contributed by atoms with Gasteiger partial charge in [-0.3, -0.25) is 14.5 Å². The molecule has 1 aromatic rings. The minimum atomic E-state index is -1.11. The molecule has 30 heavy (non-hydrogen) atoms. The first kappa shape index (κ1) is 21.2. The van der Waals surface area contributed by atoms with E-state index in [-0.39, 0.29) is 23.6 Å². The Labute approximate surface area is 176 Å². The van der Waals surface area contributed by atoms with Crippen LogP contribution >= 0.6 is 0 Å². The van der Waals surface area contributed by atoms with Gasteiger partial charge in [-0.2, -0.15) is 0 Å². The fourth-order valence-corrected chi connectivity index (χ4v) is 4.81. The monoisotopic (exact) mass is 419 g/mol. The minimum Gasteiger partial charge on any atom is -0.350 e. The molecular weight excluding hydrogens is 388 g/mol. The number of halogens is 2. The van der Waals surface area contributed by atoms with Gasteiger partial charge in [-0.05, 0) is 63.0 Å². The Morgan fingerprint density at radius 1 is 1.00 bits per heavy atom. The van der Waals surface area contributed by atoms with Crippen LogP contribution in [0.5, 0.6) is 0 Å². The second-order valence-corrected chi connectivity index (χ2v) is 8.98. The molecule has 0 spiro atoms. The number of piperidine rings is 1. The number of hydrogen-bond donors (Lipinski definition) is 1. The molecule has 3 fully saturated rings. The summed E-state index contributed by atoms with van der Waals surface area (Å²) in [5.74, 6) is -1.80. The smallest absolute Gasteiger partial charge is 0.254 e. The molecule has 2 aliphatic heterocycles. The first-order valence-electron chi connectivity index (χ1n) is 11.3. The third kappa shape index (κ3) is 4.99. The molecule has 164 valence electrons. The molecule has 0 aromatic heterocycles. The molecular formula is C23H31F2N3O2. The molecule has 2 heterocycles. The summed E-state index contributed by atoms with van der Waals surface area (Å²) in [7, 11) is 0. The van der Waals surface area contributed by atoms with Gasteiger partial charge in [0.15, 0.2) is 11.6 Å². The second kappa shape index (κ2) is 9.41. The van der Waals surface area contributed by atoms with Gasteiger partial charge in [-0.25, -0.2) is 8.78 Å². The van der Waals surface area contributed by atoms with Crippen molar-refractivity contribution < 1.29 is 18.4 Å². The van der Waals surface area contributed by atoms with Crippen LogP contribution in [0.2, 0.25) is 0 Å². The van der Waals surface area contributed by atoms with Crippen LogP contribution in [0.15, 0.2) is 18.2 Å². The molecule has 1 aromatic carbocycles. The third-order valence-electron chi connectivity index (χ3n) is 6.75. The zero-order valence-corrected chi connectivity index (χ0v) is 17.4. The van der Waals surface area contributed by atoms with E-state index in [1.54, 1.807) is 0 Å². The van der Waals surface area contributed by atoms with Crippen molar-refractivity contribution in [1.29, 1.82) is 0 Å². The Bertz CT molecular complexity index is 778. The molecule has 1 saturated carbocycles. The molecule has 2 saturated heterocycles. The molecule has 2 atom stereocenters. The zero-order valence-electron chi connectivity index (χ0n) is 17.4. The molecule has 0 bridgehead atoms. The van der Waals surface area contributed by atoms with Gasteiger partial charge in [0, 0.05) is 44.7 Å². The second-order valence-electron chi connectivity index (χ2n) is 8.98. The number of likely N-dealkylation sites (tertiary alicyclic amines) is 2. The summed E-state index contributed by atoms with van der Waals surface area (Å²) in [6.07, 6.45) is 8.19. The number of rotatable bonds is 7. The fourth-order valence-electron chi connectivity index (χ4n) is 4.81. The number of nitrogens with one attached hydrogen (secondary N) is 1. The number of nitrogens with zero attached hydrogens (tertiary/aromatic N) is 2. The van der Waals surface area contributed by atoms with Crippen LogP contribution in [-0.4, -0.2) is 59.9 Å². The van der Waals surface area contributed by atoms with Gasteiger partial charge in [0.2, 0.25) is 5.91 Å². The van der Waals surface area contributed by atoms with Crippen LogP contribution in [-0.2, 0) is 4.79 Å². The van der Waals surface area contributed by atoms with Crippen molar-refractivity contribution in [3.8, 4) is 0 Å². The number of carbonyl (C=O) groups is 2. The van der Waals surface area contributed by atoms with E-state index in [2.05, 4.69) is 10.2 Å².